The van der Waals surface area contributed by atoms with E-state index in [1.54, 1.807) is 26.4 Å². The Balaban J connectivity index is 1.66. The molecule has 1 atom stereocenters. The van der Waals surface area contributed by atoms with Gasteiger partial charge >= 0.3 is 0 Å². The number of methoxy groups -OCH3 is 3. The lowest BCUT2D eigenvalue weighted by molar-refractivity contribution is -0.131. The van der Waals surface area contributed by atoms with Crippen LogP contribution in [0.5, 0.6) is 11.5 Å². The van der Waals surface area contributed by atoms with Crippen LogP contribution in [0.25, 0.3) is 0 Å². The summed E-state index contributed by atoms with van der Waals surface area (Å²) in [6.45, 7) is 2.15. The Hall–Kier alpha value is -2.58. The molecule has 1 amide bonds. The normalized spacial score (nSPS) is 14.7. The van der Waals surface area contributed by atoms with Gasteiger partial charge in [-0.2, -0.15) is 5.10 Å². The molecule has 2 aromatic rings. The van der Waals surface area contributed by atoms with Crippen molar-refractivity contribution >= 4 is 33.7 Å². The standard InChI is InChI=1S/C22H26BrN3O4/c1-28-18-12-15(13-19(29-2)20(18)23)14-24-25-22(27)21(30-3)16-6-8-17(9-7-16)26-10-4-5-11-26/h6-9,12-14,21H,4-5,10-11H2,1-3H3,(H,25,27). The molecule has 8 heteroatoms. The van der Waals surface area contributed by atoms with Crippen LogP contribution in [-0.2, 0) is 9.53 Å². The molecular weight excluding hydrogens is 450 g/mol. The van der Waals surface area contributed by atoms with Gasteiger partial charge in [0.1, 0.15) is 16.0 Å². The van der Waals surface area contributed by atoms with Gasteiger partial charge in [0.15, 0.2) is 6.10 Å². The largest absolute Gasteiger partial charge is 0.495 e. The number of hydrazone groups is 1. The van der Waals surface area contributed by atoms with Gasteiger partial charge in [0.05, 0.1) is 20.4 Å². The number of nitrogens with one attached hydrogen (secondary N) is 1. The molecule has 0 aromatic heterocycles. The van der Waals surface area contributed by atoms with Crippen molar-refractivity contribution in [3.8, 4) is 11.5 Å². The van der Waals surface area contributed by atoms with Crippen molar-refractivity contribution in [2.45, 2.75) is 18.9 Å². The van der Waals surface area contributed by atoms with Gasteiger partial charge in [-0.25, -0.2) is 5.43 Å². The second-order valence-corrected chi connectivity index (χ2v) is 7.67. The van der Waals surface area contributed by atoms with Crippen LogP contribution in [-0.4, -0.2) is 46.5 Å². The van der Waals surface area contributed by atoms with Crippen LogP contribution in [0.1, 0.15) is 30.1 Å². The summed E-state index contributed by atoms with van der Waals surface area (Å²) in [4.78, 5) is 14.9. The van der Waals surface area contributed by atoms with E-state index in [-0.39, 0.29) is 5.91 Å². The third kappa shape index (κ3) is 5.12. The fourth-order valence-corrected chi connectivity index (χ4v) is 3.98. The molecule has 30 heavy (non-hydrogen) atoms. The van der Waals surface area contributed by atoms with Crippen molar-refractivity contribution in [2.75, 3.05) is 39.3 Å². The van der Waals surface area contributed by atoms with Crippen LogP contribution in [0.2, 0.25) is 0 Å². The maximum absolute atomic E-state index is 12.6. The maximum Gasteiger partial charge on any atom is 0.273 e. The summed E-state index contributed by atoms with van der Waals surface area (Å²) >= 11 is 3.42. The van der Waals surface area contributed by atoms with Gasteiger partial charge in [0.2, 0.25) is 0 Å². The Morgan fingerprint density at radius 2 is 1.70 bits per heavy atom. The Morgan fingerprint density at radius 1 is 1.10 bits per heavy atom. The number of amides is 1. The molecule has 0 saturated carbocycles. The topological polar surface area (TPSA) is 72.4 Å². The summed E-state index contributed by atoms with van der Waals surface area (Å²) in [5, 5.41) is 4.06. The number of nitrogens with zero attached hydrogens (tertiary/aromatic N) is 2. The minimum atomic E-state index is -0.747. The number of halogens is 1. The van der Waals surface area contributed by atoms with Crippen LogP contribution in [0, 0.1) is 0 Å². The molecule has 0 bridgehead atoms. The maximum atomic E-state index is 12.6. The third-order valence-corrected chi connectivity index (χ3v) is 5.78. The number of ether oxygens (including phenoxy) is 3. The van der Waals surface area contributed by atoms with Gasteiger partial charge in [-0.3, -0.25) is 4.79 Å². The molecule has 1 N–H and O–H groups in total. The summed E-state index contributed by atoms with van der Waals surface area (Å²) in [6, 6.07) is 11.5. The summed E-state index contributed by atoms with van der Waals surface area (Å²) in [5.74, 6) is 0.865. The van der Waals surface area contributed by atoms with Gasteiger partial charge in [-0.1, -0.05) is 12.1 Å². The highest BCUT2D eigenvalue weighted by Crippen LogP contribution is 2.35. The highest BCUT2D eigenvalue weighted by atomic mass is 79.9. The van der Waals surface area contributed by atoms with E-state index in [0.717, 1.165) is 24.2 Å². The van der Waals surface area contributed by atoms with Crippen molar-refractivity contribution in [2.24, 2.45) is 5.10 Å². The van der Waals surface area contributed by atoms with Gasteiger partial charge in [-0.05, 0) is 58.6 Å². The first kappa shape index (κ1) is 22.1. The molecule has 2 aromatic carbocycles. The number of benzene rings is 2. The number of hydrogen-bond acceptors (Lipinski definition) is 6. The van der Waals surface area contributed by atoms with Gasteiger partial charge in [-0.15, -0.1) is 0 Å². The summed E-state index contributed by atoms with van der Waals surface area (Å²) < 4.78 is 16.8. The smallest absolute Gasteiger partial charge is 0.273 e. The van der Waals surface area contributed by atoms with Crippen molar-refractivity contribution in [1.29, 1.82) is 0 Å². The Labute approximate surface area is 185 Å². The molecule has 7 nitrogen and oxygen atoms in total. The molecule has 1 saturated heterocycles. The molecule has 3 rings (SSSR count). The summed E-state index contributed by atoms with van der Waals surface area (Å²) in [5.41, 5.74) is 5.21. The van der Waals surface area contributed by atoms with E-state index in [4.69, 9.17) is 14.2 Å². The number of anilines is 1. The van der Waals surface area contributed by atoms with Crippen molar-refractivity contribution in [3.05, 3.63) is 52.0 Å². The predicted octanol–water partition coefficient (Wildman–Crippen LogP) is 3.90. The molecule has 1 heterocycles. The van der Waals surface area contributed by atoms with E-state index >= 15 is 0 Å². The summed E-state index contributed by atoms with van der Waals surface area (Å²) in [6.07, 6.45) is 3.22. The molecular formula is C22H26BrN3O4. The van der Waals surface area contributed by atoms with Crippen LogP contribution in [0.15, 0.2) is 46.0 Å². The first-order chi connectivity index (χ1) is 14.6. The fourth-order valence-electron chi connectivity index (χ4n) is 3.42. The van der Waals surface area contributed by atoms with Crippen LogP contribution in [0.3, 0.4) is 0 Å². The zero-order valence-corrected chi connectivity index (χ0v) is 18.9. The second-order valence-electron chi connectivity index (χ2n) is 6.88. The predicted molar refractivity (Wildman–Crippen MR) is 121 cm³/mol. The molecule has 1 aliphatic rings. The van der Waals surface area contributed by atoms with Crippen molar-refractivity contribution in [3.63, 3.8) is 0 Å². The lowest BCUT2D eigenvalue weighted by Gasteiger charge is -2.19. The minimum absolute atomic E-state index is 0.348. The van der Waals surface area contributed by atoms with Gasteiger partial charge in [0.25, 0.3) is 5.91 Å². The molecule has 0 aliphatic carbocycles. The van der Waals surface area contributed by atoms with Crippen molar-refractivity contribution < 1.29 is 19.0 Å². The van der Waals surface area contributed by atoms with E-state index in [2.05, 4.69) is 31.4 Å². The van der Waals surface area contributed by atoms with E-state index in [9.17, 15) is 4.79 Å². The van der Waals surface area contributed by atoms with Gasteiger partial charge in [0, 0.05) is 31.5 Å². The highest BCUT2D eigenvalue weighted by Gasteiger charge is 2.20. The van der Waals surface area contributed by atoms with Gasteiger partial charge < -0.3 is 19.1 Å². The lowest BCUT2D eigenvalue weighted by Crippen LogP contribution is -2.26. The molecule has 1 unspecified atom stereocenters. The van der Waals surface area contributed by atoms with Crippen molar-refractivity contribution in [1.82, 2.24) is 5.43 Å². The first-order valence-corrected chi connectivity index (χ1v) is 10.5. The lowest BCUT2D eigenvalue weighted by atomic mass is 10.1. The molecule has 1 aliphatic heterocycles. The fraction of sp³-hybridized carbons (Fsp3) is 0.364. The average Bonchev–Trinajstić information content (AvgIpc) is 3.30. The van der Waals surface area contributed by atoms with Crippen LogP contribution >= 0.6 is 15.9 Å². The second kappa shape index (κ2) is 10.4. The van der Waals surface area contributed by atoms with E-state index in [1.165, 1.54) is 31.9 Å². The van der Waals surface area contributed by atoms with E-state index in [0.29, 0.717) is 16.0 Å². The van der Waals surface area contributed by atoms with E-state index < -0.39 is 6.10 Å². The highest BCUT2D eigenvalue weighted by molar-refractivity contribution is 9.10. The molecule has 0 spiro atoms. The number of rotatable bonds is 8. The minimum Gasteiger partial charge on any atom is -0.495 e. The Kier molecular flexibility index (Phi) is 7.70. The van der Waals surface area contributed by atoms with Crippen LogP contribution in [0.4, 0.5) is 5.69 Å². The molecule has 1 fully saturated rings. The molecule has 0 radical (unpaired) electrons. The summed E-state index contributed by atoms with van der Waals surface area (Å²) in [7, 11) is 4.65. The van der Waals surface area contributed by atoms with Crippen LogP contribution < -0.4 is 19.8 Å². The quantitative estimate of drug-likeness (QED) is 0.462. The molecule has 160 valence electrons. The number of carbonyl (C=O) groups is 1. The number of carbonyl (C=O) groups excluding carboxylic acids is 1. The third-order valence-electron chi connectivity index (χ3n) is 5.00. The Morgan fingerprint density at radius 3 is 2.23 bits per heavy atom. The monoisotopic (exact) mass is 475 g/mol. The number of hydrogen-bond donors (Lipinski definition) is 1. The first-order valence-electron chi connectivity index (χ1n) is 9.69. The average molecular weight is 476 g/mol. The Bertz CT molecular complexity index is 871. The SMILES string of the molecule is COc1cc(C=NNC(=O)C(OC)c2ccc(N3CCCC3)cc2)cc(OC)c1Br. The zero-order chi connectivity index (χ0) is 21.5. The van der Waals surface area contributed by atoms with E-state index in [1.807, 2.05) is 24.3 Å². The zero-order valence-electron chi connectivity index (χ0n) is 17.4.